The van der Waals surface area contributed by atoms with E-state index in [0.29, 0.717) is 5.92 Å². The molecule has 2 aliphatic carbocycles. The first-order valence-corrected chi connectivity index (χ1v) is 8.11. The van der Waals surface area contributed by atoms with Crippen LogP contribution in [0, 0.1) is 17.8 Å². The van der Waals surface area contributed by atoms with Crippen LogP contribution in [0.1, 0.15) is 37.3 Å². The van der Waals surface area contributed by atoms with E-state index in [9.17, 15) is 9.59 Å². The fraction of sp³-hybridized carbons (Fsp3) is 0.500. The first-order chi connectivity index (χ1) is 10.0. The molecule has 5 heteroatoms. The summed E-state index contributed by atoms with van der Waals surface area (Å²) in [5.41, 5.74) is 0.823. The van der Waals surface area contributed by atoms with E-state index in [-0.39, 0.29) is 18.2 Å². The summed E-state index contributed by atoms with van der Waals surface area (Å²) in [6.45, 7) is 0. The fourth-order valence-electron chi connectivity index (χ4n) is 2.99. The van der Waals surface area contributed by atoms with E-state index < -0.39 is 12.0 Å². The zero-order chi connectivity index (χ0) is 15.0. The molecule has 3 rings (SSSR count). The molecule has 3 unspecified atom stereocenters. The highest BCUT2D eigenvalue weighted by atomic mass is 79.9. The fourth-order valence-corrected chi connectivity index (χ4v) is 3.41. The lowest BCUT2D eigenvalue weighted by molar-refractivity contribution is -0.137. The van der Waals surface area contributed by atoms with E-state index in [1.165, 1.54) is 12.8 Å². The van der Waals surface area contributed by atoms with E-state index >= 15 is 0 Å². The number of carboxylic acid groups (broad SMARTS) is 1. The third kappa shape index (κ3) is 3.64. The van der Waals surface area contributed by atoms with Crippen molar-refractivity contribution < 1.29 is 14.7 Å². The van der Waals surface area contributed by atoms with Crippen molar-refractivity contribution in [3.8, 4) is 0 Å². The molecule has 0 aromatic heterocycles. The molecule has 0 radical (unpaired) electrons. The Kier molecular flexibility index (Phi) is 4.02. The van der Waals surface area contributed by atoms with Gasteiger partial charge >= 0.3 is 5.97 Å². The van der Waals surface area contributed by atoms with Crippen molar-refractivity contribution in [1.82, 2.24) is 5.32 Å². The molecular formula is C16H18BrNO3. The SMILES string of the molecule is O=C(O)CC(NC(=O)C1CC1C1CC1)c1cccc(Br)c1. The topological polar surface area (TPSA) is 66.4 Å². The van der Waals surface area contributed by atoms with Gasteiger partial charge in [0.05, 0.1) is 12.5 Å². The highest BCUT2D eigenvalue weighted by Crippen LogP contribution is 2.54. The van der Waals surface area contributed by atoms with Gasteiger partial charge in [0.15, 0.2) is 0 Å². The maximum absolute atomic E-state index is 12.3. The lowest BCUT2D eigenvalue weighted by atomic mass is 10.0. The molecule has 0 aliphatic heterocycles. The predicted octanol–water partition coefficient (Wildman–Crippen LogP) is 3.13. The number of carbonyl (C=O) groups is 2. The summed E-state index contributed by atoms with van der Waals surface area (Å²) in [5.74, 6) is 0.483. The van der Waals surface area contributed by atoms with Gasteiger partial charge in [-0.15, -0.1) is 0 Å². The summed E-state index contributed by atoms with van der Waals surface area (Å²) in [7, 11) is 0. The number of benzene rings is 1. The number of hydrogen-bond donors (Lipinski definition) is 2. The molecule has 0 spiro atoms. The van der Waals surface area contributed by atoms with Crippen LogP contribution in [0.15, 0.2) is 28.7 Å². The first-order valence-electron chi connectivity index (χ1n) is 7.32. The average Bonchev–Trinajstić information content (AvgIpc) is 3.26. The molecule has 1 amide bonds. The lowest BCUT2D eigenvalue weighted by Gasteiger charge is -2.18. The highest BCUT2D eigenvalue weighted by Gasteiger charge is 2.51. The summed E-state index contributed by atoms with van der Waals surface area (Å²) >= 11 is 3.38. The molecule has 1 aromatic carbocycles. The molecule has 2 N–H and O–H groups in total. The maximum Gasteiger partial charge on any atom is 0.305 e. The molecule has 0 bridgehead atoms. The Morgan fingerprint density at radius 2 is 2.14 bits per heavy atom. The second-order valence-corrected chi connectivity index (χ2v) is 6.97. The minimum Gasteiger partial charge on any atom is -0.481 e. The maximum atomic E-state index is 12.3. The van der Waals surface area contributed by atoms with Crippen molar-refractivity contribution in [2.45, 2.75) is 31.7 Å². The normalized spacial score (nSPS) is 25.2. The van der Waals surface area contributed by atoms with Gasteiger partial charge in [-0.25, -0.2) is 0 Å². The Morgan fingerprint density at radius 1 is 1.38 bits per heavy atom. The largest absolute Gasteiger partial charge is 0.481 e. The molecule has 2 aliphatic rings. The highest BCUT2D eigenvalue weighted by molar-refractivity contribution is 9.10. The Hall–Kier alpha value is -1.36. The number of halogens is 1. The number of hydrogen-bond acceptors (Lipinski definition) is 2. The van der Waals surface area contributed by atoms with Gasteiger partial charge in [-0.1, -0.05) is 28.1 Å². The molecule has 0 saturated heterocycles. The van der Waals surface area contributed by atoms with Crippen LogP contribution in [0.4, 0.5) is 0 Å². The second-order valence-electron chi connectivity index (χ2n) is 6.06. The van der Waals surface area contributed by atoms with Crippen molar-refractivity contribution in [1.29, 1.82) is 0 Å². The Bertz CT molecular complexity index is 570. The third-order valence-electron chi connectivity index (χ3n) is 4.35. The van der Waals surface area contributed by atoms with Gasteiger partial charge in [0.1, 0.15) is 0 Å². The number of carboxylic acids is 1. The molecule has 3 atom stereocenters. The van der Waals surface area contributed by atoms with Crippen molar-refractivity contribution in [2.75, 3.05) is 0 Å². The van der Waals surface area contributed by atoms with E-state index in [2.05, 4.69) is 21.2 Å². The number of amides is 1. The van der Waals surface area contributed by atoms with Crippen LogP contribution in [-0.4, -0.2) is 17.0 Å². The quantitative estimate of drug-likeness (QED) is 0.827. The van der Waals surface area contributed by atoms with Crippen LogP contribution in [0.25, 0.3) is 0 Å². The van der Waals surface area contributed by atoms with Crippen molar-refractivity contribution >= 4 is 27.8 Å². The van der Waals surface area contributed by atoms with Gasteiger partial charge in [-0.3, -0.25) is 9.59 Å². The van der Waals surface area contributed by atoms with E-state index in [1.54, 1.807) is 0 Å². The van der Waals surface area contributed by atoms with Gasteiger partial charge < -0.3 is 10.4 Å². The minimum atomic E-state index is -0.908. The van der Waals surface area contributed by atoms with Crippen molar-refractivity contribution in [3.63, 3.8) is 0 Å². The first kappa shape index (κ1) is 14.6. The van der Waals surface area contributed by atoms with Gasteiger partial charge in [-0.05, 0) is 48.8 Å². The van der Waals surface area contributed by atoms with Gasteiger partial charge in [-0.2, -0.15) is 0 Å². The monoisotopic (exact) mass is 351 g/mol. The van der Waals surface area contributed by atoms with Gasteiger partial charge in [0.25, 0.3) is 0 Å². The molecule has 21 heavy (non-hydrogen) atoms. The van der Waals surface area contributed by atoms with Crippen LogP contribution in [0.5, 0.6) is 0 Å². The summed E-state index contributed by atoms with van der Waals surface area (Å²) < 4.78 is 0.881. The van der Waals surface area contributed by atoms with Crippen LogP contribution >= 0.6 is 15.9 Å². The number of aliphatic carboxylic acids is 1. The Labute approximate surface area is 132 Å². The van der Waals surface area contributed by atoms with Crippen LogP contribution < -0.4 is 5.32 Å². The molecule has 1 aromatic rings. The zero-order valence-electron chi connectivity index (χ0n) is 11.6. The van der Waals surface area contributed by atoms with Crippen molar-refractivity contribution in [2.24, 2.45) is 17.8 Å². The van der Waals surface area contributed by atoms with E-state index in [1.807, 2.05) is 24.3 Å². The molecule has 112 valence electrons. The molecule has 2 saturated carbocycles. The number of rotatable bonds is 6. The molecule has 0 heterocycles. The van der Waals surface area contributed by atoms with Crippen LogP contribution in [0.3, 0.4) is 0 Å². The minimum absolute atomic E-state index is 0.0122. The smallest absolute Gasteiger partial charge is 0.305 e. The Morgan fingerprint density at radius 3 is 2.76 bits per heavy atom. The van der Waals surface area contributed by atoms with Gasteiger partial charge in [0, 0.05) is 10.4 Å². The summed E-state index contributed by atoms with van der Waals surface area (Å²) in [4.78, 5) is 23.3. The van der Waals surface area contributed by atoms with Gasteiger partial charge in [0.2, 0.25) is 5.91 Å². The lowest BCUT2D eigenvalue weighted by Crippen LogP contribution is -2.31. The van der Waals surface area contributed by atoms with E-state index in [0.717, 1.165) is 22.4 Å². The summed E-state index contributed by atoms with van der Waals surface area (Å²) in [5, 5.41) is 12.0. The molecule has 2 fully saturated rings. The molecule has 4 nitrogen and oxygen atoms in total. The van der Waals surface area contributed by atoms with Crippen molar-refractivity contribution in [3.05, 3.63) is 34.3 Å². The number of carbonyl (C=O) groups excluding carboxylic acids is 1. The second kappa shape index (κ2) is 5.79. The van der Waals surface area contributed by atoms with Crippen LogP contribution in [0.2, 0.25) is 0 Å². The third-order valence-corrected chi connectivity index (χ3v) is 4.84. The van der Waals surface area contributed by atoms with Crippen LogP contribution in [-0.2, 0) is 9.59 Å². The zero-order valence-corrected chi connectivity index (χ0v) is 13.2. The molecular weight excluding hydrogens is 334 g/mol. The Balaban J connectivity index is 1.67. The van der Waals surface area contributed by atoms with E-state index in [4.69, 9.17) is 5.11 Å². The average molecular weight is 352 g/mol. The predicted molar refractivity (Wildman–Crippen MR) is 81.6 cm³/mol. The standard InChI is InChI=1S/C16H18BrNO3/c17-11-3-1-2-10(6-11)14(8-15(19)20)18-16(21)13-7-12(13)9-4-5-9/h1-3,6,9,12-14H,4-5,7-8H2,(H,18,21)(H,19,20). The summed E-state index contributed by atoms with van der Waals surface area (Å²) in [6.07, 6.45) is 3.37. The number of nitrogens with one attached hydrogen (secondary N) is 1. The summed E-state index contributed by atoms with van der Waals surface area (Å²) in [6, 6.07) is 6.98.